The minimum atomic E-state index is -0.279. The molecule has 2 heterocycles. The fourth-order valence-electron chi connectivity index (χ4n) is 4.76. The monoisotopic (exact) mass is 490 g/mol. The summed E-state index contributed by atoms with van der Waals surface area (Å²) in [5, 5.41) is 6.98. The summed E-state index contributed by atoms with van der Waals surface area (Å²) in [5.41, 5.74) is 2.79. The summed E-state index contributed by atoms with van der Waals surface area (Å²) in [4.78, 5) is 39.1. The highest BCUT2D eigenvalue weighted by Gasteiger charge is 2.20. The molecule has 8 nitrogen and oxygen atoms in total. The van der Waals surface area contributed by atoms with Crippen LogP contribution in [0.25, 0.3) is 10.9 Å². The molecule has 0 spiro atoms. The number of carbonyl (C=O) groups excluding carboxylic acids is 2. The van der Waals surface area contributed by atoms with Gasteiger partial charge in [0, 0.05) is 55.8 Å². The Labute approximate surface area is 211 Å². The Bertz CT molecular complexity index is 1290. The molecule has 2 aromatic carbocycles. The lowest BCUT2D eigenvalue weighted by atomic mass is 10.0. The van der Waals surface area contributed by atoms with Crippen molar-refractivity contribution < 1.29 is 14.3 Å². The number of rotatable bonds is 9. The third-order valence-corrected chi connectivity index (χ3v) is 6.97. The van der Waals surface area contributed by atoms with Crippen molar-refractivity contribution in [3.05, 3.63) is 75.6 Å². The van der Waals surface area contributed by atoms with Crippen LogP contribution in [0.1, 0.15) is 46.0 Å². The highest BCUT2D eigenvalue weighted by molar-refractivity contribution is 6.06. The predicted octanol–water partition coefficient (Wildman–Crippen LogP) is 2.83. The van der Waals surface area contributed by atoms with E-state index >= 15 is 0 Å². The fourth-order valence-corrected chi connectivity index (χ4v) is 4.76. The van der Waals surface area contributed by atoms with Crippen LogP contribution in [0.3, 0.4) is 0 Å². The highest BCUT2D eigenvalue weighted by Crippen LogP contribution is 2.23. The van der Waals surface area contributed by atoms with Gasteiger partial charge in [0.15, 0.2) is 5.78 Å². The second-order valence-corrected chi connectivity index (χ2v) is 9.26. The Balaban J connectivity index is 1.36. The van der Waals surface area contributed by atoms with Crippen molar-refractivity contribution in [2.75, 3.05) is 33.8 Å². The van der Waals surface area contributed by atoms with E-state index in [9.17, 15) is 14.4 Å². The van der Waals surface area contributed by atoms with E-state index in [1.54, 1.807) is 31.7 Å². The van der Waals surface area contributed by atoms with Gasteiger partial charge in [0.25, 0.3) is 11.5 Å². The third-order valence-electron chi connectivity index (χ3n) is 6.97. The van der Waals surface area contributed by atoms with Gasteiger partial charge in [-0.25, -0.2) is 0 Å². The number of carbonyl (C=O) groups is 2. The zero-order valence-corrected chi connectivity index (χ0v) is 21.2. The van der Waals surface area contributed by atoms with Crippen LogP contribution < -0.4 is 20.9 Å². The van der Waals surface area contributed by atoms with Crippen molar-refractivity contribution >= 4 is 22.6 Å². The van der Waals surface area contributed by atoms with Gasteiger partial charge in [-0.05, 0) is 50.6 Å². The minimum absolute atomic E-state index is 0.0821. The lowest BCUT2D eigenvalue weighted by Crippen LogP contribution is -2.43. The van der Waals surface area contributed by atoms with Crippen molar-refractivity contribution in [2.24, 2.45) is 0 Å². The SMILES string of the molecule is CNC(=O)c1cc(=O)n(CCN2CCC(NCc3ccc(C(C)=O)cc3)CC2)c2cc(OC)ccc12. The Morgan fingerprint density at radius 2 is 1.75 bits per heavy atom. The van der Waals surface area contributed by atoms with Crippen LogP contribution in [0.2, 0.25) is 0 Å². The molecule has 8 heteroatoms. The van der Waals surface area contributed by atoms with Gasteiger partial charge in [0.2, 0.25) is 0 Å². The molecule has 1 fully saturated rings. The molecule has 0 unspecified atom stereocenters. The molecule has 4 rings (SSSR count). The molecule has 0 atom stereocenters. The first-order valence-electron chi connectivity index (χ1n) is 12.4. The fraction of sp³-hybridized carbons (Fsp3) is 0.393. The number of Topliss-reactive ketones (excluding diaryl/α,β-unsaturated/α-hetero) is 1. The topological polar surface area (TPSA) is 92.7 Å². The average Bonchev–Trinajstić information content (AvgIpc) is 2.91. The van der Waals surface area contributed by atoms with E-state index in [0.29, 0.717) is 29.4 Å². The number of fused-ring (bicyclic) bond motifs is 1. The van der Waals surface area contributed by atoms with Crippen LogP contribution in [0.4, 0.5) is 0 Å². The Morgan fingerprint density at radius 3 is 2.39 bits per heavy atom. The zero-order valence-electron chi connectivity index (χ0n) is 21.2. The lowest BCUT2D eigenvalue weighted by molar-refractivity contribution is 0.0963. The number of amides is 1. The quantitative estimate of drug-likeness (QED) is 0.448. The molecule has 0 aliphatic carbocycles. The van der Waals surface area contributed by atoms with Gasteiger partial charge >= 0.3 is 0 Å². The molecule has 0 saturated carbocycles. The first kappa shape index (κ1) is 25.6. The van der Waals surface area contributed by atoms with Gasteiger partial charge in [-0.2, -0.15) is 0 Å². The van der Waals surface area contributed by atoms with Crippen molar-refractivity contribution in [3.63, 3.8) is 0 Å². The molecule has 1 aromatic heterocycles. The molecule has 0 bridgehead atoms. The van der Waals surface area contributed by atoms with Crippen molar-refractivity contribution in [2.45, 2.75) is 38.9 Å². The number of ether oxygens (including phenoxy) is 1. The molecule has 1 aliphatic rings. The largest absolute Gasteiger partial charge is 0.497 e. The normalized spacial score (nSPS) is 14.6. The summed E-state index contributed by atoms with van der Waals surface area (Å²) in [5.74, 6) is 0.449. The summed E-state index contributed by atoms with van der Waals surface area (Å²) in [6, 6.07) is 15.1. The zero-order chi connectivity index (χ0) is 25.7. The number of aromatic nitrogens is 1. The first-order valence-corrected chi connectivity index (χ1v) is 12.4. The molecule has 1 saturated heterocycles. The third kappa shape index (κ3) is 5.83. The van der Waals surface area contributed by atoms with E-state index in [4.69, 9.17) is 4.74 Å². The van der Waals surface area contributed by atoms with Gasteiger partial charge in [-0.15, -0.1) is 0 Å². The van der Waals surface area contributed by atoms with Gasteiger partial charge in [0.05, 0.1) is 18.2 Å². The summed E-state index contributed by atoms with van der Waals surface area (Å²) in [6.45, 7) is 5.56. The lowest BCUT2D eigenvalue weighted by Gasteiger charge is -2.32. The number of methoxy groups -OCH3 is 1. The van der Waals surface area contributed by atoms with E-state index in [1.807, 2.05) is 36.4 Å². The van der Waals surface area contributed by atoms with Gasteiger partial charge < -0.3 is 24.8 Å². The number of ketones is 1. The molecule has 190 valence electrons. The molecular weight excluding hydrogens is 456 g/mol. The number of hydrogen-bond acceptors (Lipinski definition) is 6. The molecule has 0 radical (unpaired) electrons. The first-order chi connectivity index (χ1) is 17.4. The minimum Gasteiger partial charge on any atom is -0.497 e. The van der Waals surface area contributed by atoms with Gasteiger partial charge in [-0.3, -0.25) is 14.4 Å². The second kappa shape index (κ2) is 11.5. The molecule has 1 aliphatic heterocycles. The average molecular weight is 491 g/mol. The number of likely N-dealkylation sites (tertiary alicyclic amines) is 1. The van der Waals surface area contributed by atoms with Gasteiger partial charge in [-0.1, -0.05) is 24.3 Å². The molecule has 3 aromatic rings. The molecule has 2 N–H and O–H groups in total. The maximum Gasteiger partial charge on any atom is 0.251 e. The number of nitrogens with one attached hydrogen (secondary N) is 2. The van der Waals surface area contributed by atoms with Gasteiger partial charge in [0.1, 0.15) is 5.75 Å². The van der Waals surface area contributed by atoms with E-state index in [1.165, 1.54) is 11.6 Å². The van der Waals surface area contributed by atoms with Crippen LogP contribution in [-0.4, -0.2) is 61.0 Å². The molecule has 36 heavy (non-hydrogen) atoms. The molecule has 1 amide bonds. The van der Waals surface area contributed by atoms with E-state index in [-0.39, 0.29) is 17.2 Å². The predicted molar refractivity (Wildman–Crippen MR) is 141 cm³/mol. The van der Waals surface area contributed by atoms with Crippen LogP contribution >= 0.6 is 0 Å². The van der Waals surface area contributed by atoms with Crippen LogP contribution in [0.15, 0.2) is 53.3 Å². The van der Waals surface area contributed by atoms with Crippen molar-refractivity contribution in [3.8, 4) is 5.75 Å². The smallest absolute Gasteiger partial charge is 0.251 e. The highest BCUT2D eigenvalue weighted by atomic mass is 16.5. The van der Waals surface area contributed by atoms with Crippen LogP contribution in [-0.2, 0) is 13.1 Å². The second-order valence-electron chi connectivity index (χ2n) is 9.26. The van der Waals surface area contributed by atoms with E-state index in [0.717, 1.165) is 50.0 Å². The maximum absolute atomic E-state index is 13.0. The number of pyridine rings is 1. The summed E-state index contributed by atoms with van der Waals surface area (Å²) >= 11 is 0. The van der Waals surface area contributed by atoms with E-state index in [2.05, 4.69) is 15.5 Å². The van der Waals surface area contributed by atoms with Crippen molar-refractivity contribution in [1.29, 1.82) is 0 Å². The number of benzene rings is 2. The summed E-state index contributed by atoms with van der Waals surface area (Å²) in [6.07, 6.45) is 2.06. The standard InChI is InChI=1S/C28H34N4O4/c1-19(33)21-6-4-20(5-7-21)18-30-22-10-12-31(13-11-22)14-15-32-26-16-23(36-3)8-9-24(26)25(17-27(32)34)28(35)29-2/h4-9,16-17,22,30H,10-15,18H2,1-3H3,(H,29,35). The van der Waals surface area contributed by atoms with Crippen molar-refractivity contribution in [1.82, 2.24) is 20.1 Å². The van der Waals surface area contributed by atoms with Crippen LogP contribution in [0, 0.1) is 0 Å². The number of nitrogens with zero attached hydrogens (tertiary/aromatic N) is 2. The van der Waals surface area contributed by atoms with E-state index < -0.39 is 0 Å². The molecular formula is C28H34N4O4. The number of hydrogen-bond donors (Lipinski definition) is 2. The summed E-state index contributed by atoms with van der Waals surface area (Å²) < 4.78 is 7.11. The summed E-state index contributed by atoms with van der Waals surface area (Å²) in [7, 11) is 3.15. The Morgan fingerprint density at radius 1 is 1.03 bits per heavy atom. The van der Waals surface area contributed by atoms with Crippen LogP contribution in [0.5, 0.6) is 5.75 Å². The Kier molecular flexibility index (Phi) is 8.18. The maximum atomic E-state index is 13.0. The number of piperidine rings is 1. The Hall–Kier alpha value is -3.49.